The second-order valence-electron chi connectivity index (χ2n) is 3.95. The molecule has 4 nitrogen and oxygen atoms in total. The lowest BCUT2D eigenvalue weighted by Crippen LogP contribution is -2.30. The number of aldehydes is 1. The van der Waals surface area contributed by atoms with Crippen molar-refractivity contribution in [1.29, 1.82) is 0 Å². The van der Waals surface area contributed by atoms with Gasteiger partial charge in [-0.15, -0.1) is 0 Å². The van der Waals surface area contributed by atoms with Crippen molar-refractivity contribution >= 4 is 23.7 Å². The van der Waals surface area contributed by atoms with Crippen molar-refractivity contribution in [3.63, 3.8) is 0 Å². The van der Waals surface area contributed by atoms with Crippen LogP contribution in [-0.4, -0.2) is 24.5 Å². The molecule has 1 amide bonds. The molecule has 1 aromatic carbocycles. The third-order valence-corrected chi connectivity index (χ3v) is 2.91. The first-order chi connectivity index (χ1) is 8.19. The van der Waals surface area contributed by atoms with E-state index in [9.17, 15) is 14.4 Å². The Balaban J connectivity index is 2.40. The predicted molar refractivity (Wildman–Crippen MR) is 63.2 cm³/mol. The van der Waals surface area contributed by atoms with E-state index >= 15 is 0 Å². The van der Waals surface area contributed by atoms with Gasteiger partial charge in [-0.3, -0.25) is 9.59 Å². The fourth-order valence-electron chi connectivity index (χ4n) is 1.97. The summed E-state index contributed by atoms with van der Waals surface area (Å²) in [5.41, 5.74) is 2.11. The molecule has 1 aliphatic rings. The Morgan fingerprint density at radius 3 is 2.71 bits per heavy atom. The van der Waals surface area contributed by atoms with Crippen molar-refractivity contribution in [2.45, 2.75) is 19.8 Å². The Morgan fingerprint density at radius 2 is 2.06 bits per heavy atom. The molecular formula is C13H13NO3. The summed E-state index contributed by atoms with van der Waals surface area (Å²) in [6.45, 7) is 2.26. The summed E-state index contributed by atoms with van der Waals surface area (Å²) < 4.78 is 0. The molecule has 0 unspecified atom stereocenters. The summed E-state index contributed by atoms with van der Waals surface area (Å²) >= 11 is 0. The van der Waals surface area contributed by atoms with Crippen molar-refractivity contribution in [1.82, 2.24) is 0 Å². The van der Waals surface area contributed by atoms with Crippen molar-refractivity contribution in [3.05, 3.63) is 29.3 Å². The molecule has 1 heterocycles. The van der Waals surface area contributed by atoms with Gasteiger partial charge >= 0.3 is 0 Å². The van der Waals surface area contributed by atoms with E-state index < -0.39 is 11.7 Å². The molecule has 0 saturated carbocycles. The van der Waals surface area contributed by atoms with Crippen LogP contribution in [0.1, 0.15) is 29.3 Å². The van der Waals surface area contributed by atoms with E-state index in [4.69, 9.17) is 0 Å². The van der Waals surface area contributed by atoms with Crippen LogP contribution in [-0.2, 0) is 16.0 Å². The molecule has 1 aliphatic heterocycles. The number of anilines is 1. The number of rotatable bonds is 4. The van der Waals surface area contributed by atoms with E-state index in [0.717, 1.165) is 18.3 Å². The van der Waals surface area contributed by atoms with E-state index in [-0.39, 0.29) is 13.0 Å². The lowest BCUT2D eigenvalue weighted by Gasteiger charge is -2.14. The Bertz CT molecular complexity index is 493. The average molecular weight is 231 g/mol. The van der Waals surface area contributed by atoms with Crippen LogP contribution in [0.5, 0.6) is 0 Å². The summed E-state index contributed by atoms with van der Waals surface area (Å²) in [5.74, 6) is -1.00. The molecule has 0 aromatic heterocycles. The molecule has 2 rings (SSSR count). The van der Waals surface area contributed by atoms with Crippen LogP contribution >= 0.6 is 0 Å². The van der Waals surface area contributed by atoms with Crippen LogP contribution < -0.4 is 4.90 Å². The number of carbonyl (C=O) groups is 3. The molecule has 0 spiro atoms. The highest BCUT2D eigenvalue weighted by molar-refractivity contribution is 6.52. The molecular weight excluding hydrogens is 218 g/mol. The van der Waals surface area contributed by atoms with Crippen molar-refractivity contribution in [2.75, 3.05) is 11.4 Å². The highest BCUT2D eigenvalue weighted by Crippen LogP contribution is 2.29. The molecule has 0 radical (unpaired) electrons. The van der Waals surface area contributed by atoms with Gasteiger partial charge in [-0.05, 0) is 24.1 Å². The molecule has 0 atom stereocenters. The summed E-state index contributed by atoms with van der Waals surface area (Å²) in [5, 5.41) is 0. The van der Waals surface area contributed by atoms with Gasteiger partial charge in [0.1, 0.15) is 6.29 Å². The van der Waals surface area contributed by atoms with Crippen LogP contribution in [0.15, 0.2) is 18.2 Å². The SMILES string of the molecule is CCc1ccc2c(c1)C(=O)C(=O)N2CCC=O. The first-order valence-electron chi connectivity index (χ1n) is 5.61. The topological polar surface area (TPSA) is 54.5 Å². The molecule has 0 N–H and O–H groups in total. The minimum Gasteiger partial charge on any atom is -0.304 e. The average Bonchev–Trinajstić information content (AvgIpc) is 2.60. The van der Waals surface area contributed by atoms with E-state index in [2.05, 4.69) is 0 Å². The maximum atomic E-state index is 11.8. The number of aryl methyl sites for hydroxylation is 1. The largest absolute Gasteiger partial charge is 0.304 e. The first kappa shape index (κ1) is 11.5. The van der Waals surface area contributed by atoms with Crippen LogP contribution in [0, 0.1) is 0 Å². The molecule has 1 aromatic rings. The number of hydrogen-bond acceptors (Lipinski definition) is 3. The molecule has 4 heteroatoms. The van der Waals surface area contributed by atoms with Gasteiger partial charge in [-0.25, -0.2) is 0 Å². The van der Waals surface area contributed by atoms with Gasteiger partial charge in [-0.1, -0.05) is 13.0 Å². The Labute approximate surface area is 99.2 Å². The Hall–Kier alpha value is -1.97. The highest BCUT2D eigenvalue weighted by atomic mass is 16.2. The van der Waals surface area contributed by atoms with Crippen molar-refractivity contribution in [2.24, 2.45) is 0 Å². The number of ketones is 1. The zero-order valence-corrected chi connectivity index (χ0v) is 9.60. The minimum absolute atomic E-state index is 0.244. The number of carbonyl (C=O) groups excluding carboxylic acids is 3. The molecule has 0 aliphatic carbocycles. The van der Waals surface area contributed by atoms with Crippen LogP contribution in [0.25, 0.3) is 0 Å². The van der Waals surface area contributed by atoms with Crippen LogP contribution in [0.2, 0.25) is 0 Å². The Kier molecular flexibility index (Phi) is 3.04. The lowest BCUT2D eigenvalue weighted by molar-refractivity contribution is -0.114. The number of benzene rings is 1. The smallest absolute Gasteiger partial charge is 0.299 e. The van der Waals surface area contributed by atoms with Gasteiger partial charge in [0.15, 0.2) is 0 Å². The highest BCUT2D eigenvalue weighted by Gasteiger charge is 2.35. The summed E-state index contributed by atoms with van der Waals surface area (Å²) in [7, 11) is 0. The van der Waals surface area contributed by atoms with E-state index in [1.807, 2.05) is 13.0 Å². The summed E-state index contributed by atoms with van der Waals surface area (Å²) in [4.78, 5) is 35.2. The maximum absolute atomic E-state index is 11.8. The third kappa shape index (κ3) is 1.86. The first-order valence-corrected chi connectivity index (χ1v) is 5.61. The van der Waals surface area contributed by atoms with Gasteiger partial charge in [0, 0.05) is 13.0 Å². The molecule has 0 saturated heterocycles. The van der Waals surface area contributed by atoms with Crippen LogP contribution in [0.3, 0.4) is 0 Å². The number of Topliss-reactive ketones (excluding diaryl/α,β-unsaturated/α-hetero) is 1. The monoisotopic (exact) mass is 231 g/mol. The quantitative estimate of drug-likeness (QED) is 0.581. The standard InChI is InChI=1S/C13H13NO3/c1-2-9-4-5-11-10(8-9)12(16)13(17)14(11)6-3-7-15/h4-5,7-8H,2-3,6H2,1H3. The zero-order valence-electron chi connectivity index (χ0n) is 9.60. The van der Waals surface area contributed by atoms with E-state index in [1.165, 1.54) is 4.90 Å². The van der Waals surface area contributed by atoms with Gasteiger partial charge in [-0.2, -0.15) is 0 Å². The second-order valence-corrected chi connectivity index (χ2v) is 3.95. The molecule has 0 fully saturated rings. The predicted octanol–water partition coefficient (Wildman–Crippen LogP) is 1.37. The van der Waals surface area contributed by atoms with Gasteiger partial charge in [0.05, 0.1) is 11.3 Å². The Morgan fingerprint density at radius 1 is 1.29 bits per heavy atom. The lowest BCUT2D eigenvalue weighted by atomic mass is 10.1. The molecule has 88 valence electrons. The normalized spacial score (nSPS) is 14.1. The molecule has 17 heavy (non-hydrogen) atoms. The van der Waals surface area contributed by atoms with Gasteiger partial charge in [0.2, 0.25) is 0 Å². The van der Waals surface area contributed by atoms with E-state index in [1.54, 1.807) is 12.1 Å². The van der Waals surface area contributed by atoms with Crippen molar-refractivity contribution < 1.29 is 14.4 Å². The second kappa shape index (κ2) is 4.49. The fourth-order valence-corrected chi connectivity index (χ4v) is 1.97. The third-order valence-electron chi connectivity index (χ3n) is 2.91. The summed E-state index contributed by atoms with van der Waals surface area (Å²) in [6, 6.07) is 5.44. The maximum Gasteiger partial charge on any atom is 0.299 e. The number of fused-ring (bicyclic) bond motifs is 1. The van der Waals surface area contributed by atoms with Crippen LogP contribution in [0.4, 0.5) is 5.69 Å². The number of amides is 1. The number of hydrogen-bond donors (Lipinski definition) is 0. The van der Waals surface area contributed by atoms with Crippen molar-refractivity contribution in [3.8, 4) is 0 Å². The summed E-state index contributed by atoms with van der Waals surface area (Å²) in [6.07, 6.45) is 1.81. The molecule has 0 bridgehead atoms. The minimum atomic E-state index is -0.532. The number of nitrogens with zero attached hydrogens (tertiary/aromatic N) is 1. The fraction of sp³-hybridized carbons (Fsp3) is 0.308. The van der Waals surface area contributed by atoms with E-state index in [0.29, 0.717) is 11.3 Å². The van der Waals surface area contributed by atoms with Gasteiger partial charge in [0.25, 0.3) is 11.7 Å². The van der Waals surface area contributed by atoms with Gasteiger partial charge < -0.3 is 9.69 Å². The zero-order chi connectivity index (χ0) is 12.4.